The molecule has 0 spiro atoms. The van der Waals surface area contributed by atoms with Crippen LogP contribution < -0.4 is 5.73 Å². The summed E-state index contributed by atoms with van der Waals surface area (Å²) in [6.07, 6.45) is 5.99. The molecular formula is C12H14N2. The van der Waals surface area contributed by atoms with Crippen LogP contribution in [0.25, 0.3) is 0 Å². The SMILES string of the molecule is N#Cc1cc2c(cc1N)CCCCC2. The summed E-state index contributed by atoms with van der Waals surface area (Å²) in [6, 6.07) is 6.09. The number of aryl methyl sites for hydroxylation is 2. The summed E-state index contributed by atoms with van der Waals surface area (Å²) in [5, 5.41) is 8.86. The van der Waals surface area contributed by atoms with Gasteiger partial charge in [-0.05, 0) is 48.9 Å². The molecular weight excluding hydrogens is 172 g/mol. The molecule has 0 atom stereocenters. The van der Waals surface area contributed by atoms with Gasteiger partial charge in [0.25, 0.3) is 0 Å². The van der Waals surface area contributed by atoms with Gasteiger partial charge in [-0.2, -0.15) is 5.26 Å². The molecule has 1 aromatic carbocycles. The molecule has 0 aromatic heterocycles. The van der Waals surface area contributed by atoms with Gasteiger partial charge < -0.3 is 5.73 Å². The highest BCUT2D eigenvalue weighted by Gasteiger charge is 2.10. The third kappa shape index (κ3) is 1.58. The van der Waals surface area contributed by atoms with Crippen LogP contribution >= 0.6 is 0 Å². The molecule has 1 aliphatic carbocycles. The third-order valence-corrected chi connectivity index (χ3v) is 2.88. The molecule has 0 unspecified atom stereocenters. The highest BCUT2D eigenvalue weighted by molar-refractivity contribution is 5.58. The van der Waals surface area contributed by atoms with Crippen LogP contribution in [0.15, 0.2) is 12.1 Å². The maximum Gasteiger partial charge on any atom is 0.101 e. The molecule has 2 rings (SSSR count). The van der Waals surface area contributed by atoms with E-state index in [2.05, 4.69) is 6.07 Å². The van der Waals surface area contributed by atoms with Gasteiger partial charge in [0.15, 0.2) is 0 Å². The van der Waals surface area contributed by atoms with Gasteiger partial charge in [-0.1, -0.05) is 6.42 Å². The maximum atomic E-state index is 8.86. The van der Waals surface area contributed by atoms with Gasteiger partial charge in [-0.15, -0.1) is 0 Å². The van der Waals surface area contributed by atoms with Gasteiger partial charge in [0.05, 0.1) is 5.56 Å². The first-order valence-corrected chi connectivity index (χ1v) is 5.12. The summed E-state index contributed by atoms with van der Waals surface area (Å²) >= 11 is 0. The predicted octanol–water partition coefficient (Wildman–Crippen LogP) is 2.41. The lowest BCUT2D eigenvalue weighted by Crippen LogP contribution is -1.97. The minimum atomic E-state index is 0.630. The molecule has 0 saturated heterocycles. The standard InChI is InChI=1S/C12H14N2/c13-8-11-6-9-4-2-1-3-5-10(9)7-12(11)14/h6-7H,1-5,14H2. The molecule has 1 aliphatic rings. The fourth-order valence-electron chi connectivity index (χ4n) is 2.08. The number of fused-ring (bicyclic) bond motifs is 1. The van der Waals surface area contributed by atoms with Crippen LogP contribution in [0.5, 0.6) is 0 Å². The molecule has 14 heavy (non-hydrogen) atoms. The van der Waals surface area contributed by atoms with E-state index >= 15 is 0 Å². The Bertz CT molecular complexity index is 388. The molecule has 0 radical (unpaired) electrons. The summed E-state index contributed by atoms with van der Waals surface area (Å²) in [4.78, 5) is 0. The summed E-state index contributed by atoms with van der Waals surface area (Å²) < 4.78 is 0. The van der Waals surface area contributed by atoms with Gasteiger partial charge in [0.1, 0.15) is 6.07 Å². The van der Waals surface area contributed by atoms with Crippen molar-refractivity contribution >= 4 is 5.69 Å². The van der Waals surface area contributed by atoms with E-state index in [4.69, 9.17) is 11.0 Å². The van der Waals surface area contributed by atoms with Crippen LogP contribution in [-0.2, 0) is 12.8 Å². The average Bonchev–Trinajstić information content (AvgIpc) is 2.41. The van der Waals surface area contributed by atoms with Crippen molar-refractivity contribution in [1.29, 1.82) is 5.26 Å². The largest absolute Gasteiger partial charge is 0.398 e. The predicted molar refractivity (Wildman–Crippen MR) is 56.8 cm³/mol. The highest BCUT2D eigenvalue weighted by atomic mass is 14.6. The number of nitrogens with zero attached hydrogens (tertiary/aromatic N) is 1. The van der Waals surface area contributed by atoms with Crippen molar-refractivity contribution < 1.29 is 0 Å². The molecule has 2 N–H and O–H groups in total. The molecule has 0 saturated carbocycles. The summed E-state index contributed by atoms with van der Waals surface area (Å²) in [5.41, 5.74) is 9.72. The Morgan fingerprint density at radius 3 is 2.36 bits per heavy atom. The van der Waals surface area contributed by atoms with E-state index in [9.17, 15) is 0 Å². The van der Waals surface area contributed by atoms with E-state index < -0.39 is 0 Å². The van der Waals surface area contributed by atoms with Crippen molar-refractivity contribution in [2.24, 2.45) is 0 Å². The fraction of sp³-hybridized carbons (Fsp3) is 0.417. The fourth-order valence-corrected chi connectivity index (χ4v) is 2.08. The number of rotatable bonds is 0. The van der Waals surface area contributed by atoms with E-state index in [0.29, 0.717) is 11.3 Å². The molecule has 0 heterocycles. The van der Waals surface area contributed by atoms with Crippen LogP contribution in [0, 0.1) is 11.3 Å². The Hall–Kier alpha value is -1.49. The van der Waals surface area contributed by atoms with Gasteiger partial charge in [-0.3, -0.25) is 0 Å². The van der Waals surface area contributed by atoms with Crippen molar-refractivity contribution in [3.63, 3.8) is 0 Å². The monoisotopic (exact) mass is 186 g/mol. The van der Waals surface area contributed by atoms with Gasteiger partial charge in [0.2, 0.25) is 0 Å². The Kier molecular flexibility index (Phi) is 2.41. The molecule has 1 aromatic rings. The third-order valence-electron chi connectivity index (χ3n) is 2.88. The van der Waals surface area contributed by atoms with Crippen LogP contribution in [0.1, 0.15) is 36.0 Å². The lowest BCUT2D eigenvalue weighted by Gasteiger charge is -2.07. The highest BCUT2D eigenvalue weighted by Crippen LogP contribution is 2.25. The molecule has 2 heteroatoms. The molecule has 72 valence electrons. The smallest absolute Gasteiger partial charge is 0.101 e. The van der Waals surface area contributed by atoms with Gasteiger partial charge >= 0.3 is 0 Å². The number of hydrogen-bond acceptors (Lipinski definition) is 2. The number of hydrogen-bond donors (Lipinski definition) is 1. The van der Waals surface area contributed by atoms with Crippen LogP contribution in [0.3, 0.4) is 0 Å². The first-order chi connectivity index (χ1) is 6.81. The van der Waals surface area contributed by atoms with E-state index in [1.165, 1.54) is 30.4 Å². The number of benzene rings is 1. The van der Waals surface area contributed by atoms with Gasteiger partial charge in [0, 0.05) is 5.69 Å². The van der Waals surface area contributed by atoms with Crippen molar-refractivity contribution in [3.8, 4) is 6.07 Å². The molecule has 0 amide bonds. The number of anilines is 1. The Labute approximate surface area is 84.3 Å². The van der Waals surface area contributed by atoms with Crippen LogP contribution in [-0.4, -0.2) is 0 Å². The Balaban J connectivity index is 2.47. The Morgan fingerprint density at radius 1 is 1.07 bits per heavy atom. The molecule has 0 fully saturated rings. The molecule has 0 aliphatic heterocycles. The quantitative estimate of drug-likeness (QED) is 0.499. The zero-order valence-corrected chi connectivity index (χ0v) is 8.21. The second-order valence-electron chi connectivity index (χ2n) is 3.88. The average molecular weight is 186 g/mol. The van der Waals surface area contributed by atoms with E-state index in [1.807, 2.05) is 12.1 Å². The van der Waals surface area contributed by atoms with Crippen molar-refractivity contribution in [3.05, 3.63) is 28.8 Å². The Morgan fingerprint density at radius 2 is 1.71 bits per heavy atom. The van der Waals surface area contributed by atoms with Gasteiger partial charge in [-0.25, -0.2) is 0 Å². The summed E-state index contributed by atoms with van der Waals surface area (Å²) in [7, 11) is 0. The zero-order chi connectivity index (χ0) is 9.97. The van der Waals surface area contributed by atoms with Crippen molar-refractivity contribution in [2.75, 3.05) is 5.73 Å². The first kappa shape index (κ1) is 9.08. The van der Waals surface area contributed by atoms with E-state index in [0.717, 1.165) is 12.8 Å². The minimum absolute atomic E-state index is 0.630. The van der Waals surface area contributed by atoms with Crippen LogP contribution in [0.2, 0.25) is 0 Å². The summed E-state index contributed by atoms with van der Waals surface area (Å²) in [6.45, 7) is 0. The number of nitriles is 1. The normalized spacial score (nSPS) is 15.4. The molecule has 0 bridgehead atoms. The topological polar surface area (TPSA) is 49.8 Å². The number of nitrogens with two attached hydrogens (primary N) is 1. The van der Waals surface area contributed by atoms with E-state index in [1.54, 1.807) is 0 Å². The van der Waals surface area contributed by atoms with E-state index in [-0.39, 0.29) is 0 Å². The zero-order valence-electron chi connectivity index (χ0n) is 8.21. The first-order valence-electron chi connectivity index (χ1n) is 5.12. The maximum absolute atomic E-state index is 8.86. The lowest BCUT2D eigenvalue weighted by molar-refractivity contribution is 0.711. The van der Waals surface area contributed by atoms with Crippen molar-refractivity contribution in [2.45, 2.75) is 32.1 Å². The second-order valence-corrected chi connectivity index (χ2v) is 3.88. The minimum Gasteiger partial charge on any atom is -0.398 e. The van der Waals surface area contributed by atoms with Crippen molar-refractivity contribution in [1.82, 2.24) is 0 Å². The molecule has 2 nitrogen and oxygen atoms in total. The number of nitrogen functional groups attached to an aromatic ring is 1. The summed E-state index contributed by atoms with van der Waals surface area (Å²) in [5.74, 6) is 0. The lowest BCUT2D eigenvalue weighted by atomic mass is 9.99. The second kappa shape index (κ2) is 3.71. The van der Waals surface area contributed by atoms with Crippen LogP contribution in [0.4, 0.5) is 5.69 Å².